The van der Waals surface area contributed by atoms with Crippen molar-refractivity contribution < 1.29 is 18.4 Å². The van der Waals surface area contributed by atoms with Crippen LogP contribution in [-0.2, 0) is 13.6 Å². The first-order valence-corrected chi connectivity index (χ1v) is 10.3. The van der Waals surface area contributed by atoms with Gasteiger partial charge in [-0.05, 0) is 57.1 Å². The molecule has 22 heavy (non-hydrogen) atoms. The zero-order valence-corrected chi connectivity index (χ0v) is 15.0. The Bertz CT molecular complexity index is 444. The highest BCUT2D eigenvalue weighted by molar-refractivity contribution is 6.66. The molecule has 0 radical (unpaired) electrons. The first-order chi connectivity index (χ1) is 10.5. The fourth-order valence-electron chi connectivity index (χ4n) is 2.26. The molecule has 6 heteroatoms. The quantitative estimate of drug-likeness (QED) is 0.668. The van der Waals surface area contributed by atoms with Gasteiger partial charge in [-0.15, -0.1) is 0 Å². The van der Waals surface area contributed by atoms with Crippen molar-refractivity contribution in [1.82, 2.24) is 0 Å². The van der Waals surface area contributed by atoms with Crippen molar-refractivity contribution in [1.29, 1.82) is 0 Å². The molecule has 0 saturated heterocycles. The van der Waals surface area contributed by atoms with Crippen molar-refractivity contribution in [3.8, 4) is 5.75 Å². The van der Waals surface area contributed by atoms with Gasteiger partial charge in [0.15, 0.2) is 0 Å². The minimum absolute atomic E-state index is 0.00881. The fraction of sp³-hybridized carbons (Fsp3) is 0.562. The van der Waals surface area contributed by atoms with E-state index in [1.165, 1.54) is 0 Å². The van der Waals surface area contributed by atoms with Crippen molar-refractivity contribution in [2.45, 2.75) is 39.3 Å². The van der Waals surface area contributed by atoms with Crippen LogP contribution in [0, 0.1) is 0 Å². The topological polar surface area (TPSA) is 56.8 Å². The van der Waals surface area contributed by atoms with Gasteiger partial charge in [-0.1, -0.05) is 0 Å². The molecule has 1 amide bonds. The van der Waals surface area contributed by atoms with E-state index in [1.54, 1.807) is 7.11 Å². The van der Waals surface area contributed by atoms with Crippen LogP contribution < -0.4 is 10.1 Å². The van der Waals surface area contributed by atoms with Crippen molar-refractivity contribution in [3.63, 3.8) is 0 Å². The second-order valence-corrected chi connectivity index (χ2v) is 8.48. The summed E-state index contributed by atoms with van der Waals surface area (Å²) in [6.07, 6.45) is 1.24. The van der Waals surface area contributed by atoms with Crippen LogP contribution in [0.1, 0.15) is 26.7 Å². The summed E-state index contributed by atoms with van der Waals surface area (Å²) in [7, 11) is -0.501. The van der Waals surface area contributed by atoms with Crippen LogP contribution >= 0.6 is 0 Å². The Morgan fingerprint density at radius 2 is 1.73 bits per heavy atom. The van der Waals surface area contributed by atoms with Crippen LogP contribution in [-0.4, -0.2) is 34.8 Å². The molecule has 0 unspecified atom stereocenters. The average Bonchev–Trinajstić information content (AvgIpc) is 2.48. The standard InChI is InChI=1S/C16H27NO4Si/c1-5-20-22(4,21-6-2)13-7-8-16(18)17-14-9-11-15(19-3)12-10-14/h9-12H,5-8,13H2,1-4H3,(H,17,18). The Morgan fingerprint density at radius 3 is 2.23 bits per heavy atom. The van der Waals surface area contributed by atoms with E-state index < -0.39 is 8.56 Å². The Labute approximate surface area is 134 Å². The van der Waals surface area contributed by atoms with Crippen LogP contribution in [0.5, 0.6) is 5.75 Å². The second kappa shape index (κ2) is 9.60. The second-order valence-electron chi connectivity index (χ2n) is 5.13. The number of anilines is 1. The summed E-state index contributed by atoms with van der Waals surface area (Å²) in [6.45, 7) is 7.31. The lowest BCUT2D eigenvalue weighted by atomic mass is 10.2. The van der Waals surface area contributed by atoms with E-state index in [9.17, 15) is 4.79 Å². The molecule has 0 bridgehead atoms. The van der Waals surface area contributed by atoms with Crippen LogP contribution in [0.3, 0.4) is 0 Å². The van der Waals surface area contributed by atoms with E-state index in [0.29, 0.717) is 19.6 Å². The molecular formula is C16H27NO4Si. The summed E-state index contributed by atoms with van der Waals surface area (Å²) in [6, 6.07) is 8.13. The van der Waals surface area contributed by atoms with Gasteiger partial charge >= 0.3 is 8.56 Å². The number of nitrogens with one attached hydrogen (secondary N) is 1. The smallest absolute Gasteiger partial charge is 0.334 e. The largest absolute Gasteiger partial charge is 0.497 e. The maximum Gasteiger partial charge on any atom is 0.334 e. The lowest BCUT2D eigenvalue weighted by Gasteiger charge is -2.25. The molecule has 0 aliphatic rings. The number of amides is 1. The van der Waals surface area contributed by atoms with Gasteiger partial charge in [-0.3, -0.25) is 4.79 Å². The summed E-state index contributed by atoms with van der Waals surface area (Å²) >= 11 is 0. The van der Waals surface area contributed by atoms with E-state index in [1.807, 2.05) is 38.1 Å². The molecule has 1 N–H and O–H groups in total. The molecule has 0 atom stereocenters. The van der Waals surface area contributed by atoms with Gasteiger partial charge in [0.25, 0.3) is 0 Å². The number of methoxy groups -OCH3 is 1. The van der Waals surface area contributed by atoms with E-state index in [2.05, 4.69) is 11.9 Å². The van der Waals surface area contributed by atoms with Crippen molar-refractivity contribution in [3.05, 3.63) is 24.3 Å². The number of rotatable bonds is 10. The molecule has 0 aliphatic carbocycles. The van der Waals surface area contributed by atoms with E-state index in [-0.39, 0.29) is 5.91 Å². The van der Waals surface area contributed by atoms with Crippen molar-refractivity contribution in [2.24, 2.45) is 0 Å². The summed E-state index contributed by atoms with van der Waals surface area (Å²) in [4.78, 5) is 12.0. The van der Waals surface area contributed by atoms with Gasteiger partial charge in [0.05, 0.1) is 7.11 Å². The molecule has 0 fully saturated rings. The molecule has 1 aromatic carbocycles. The molecular weight excluding hydrogens is 298 g/mol. The molecule has 1 rings (SSSR count). The van der Waals surface area contributed by atoms with Gasteiger partial charge in [0, 0.05) is 25.3 Å². The molecule has 124 valence electrons. The summed E-state index contributed by atoms with van der Waals surface area (Å²) in [5.41, 5.74) is 0.778. The van der Waals surface area contributed by atoms with Crippen molar-refractivity contribution >= 4 is 20.2 Å². The SMILES string of the molecule is CCO[Si](C)(CCCC(=O)Nc1ccc(OC)cc1)OCC. The maximum atomic E-state index is 12.0. The van der Waals surface area contributed by atoms with E-state index in [0.717, 1.165) is 23.9 Å². The molecule has 0 aromatic heterocycles. The van der Waals surface area contributed by atoms with Crippen molar-refractivity contribution in [2.75, 3.05) is 25.6 Å². The summed E-state index contributed by atoms with van der Waals surface area (Å²) in [5, 5.41) is 2.88. The predicted octanol–water partition coefficient (Wildman–Crippen LogP) is 3.56. The number of carbonyl (C=O) groups excluding carboxylic acids is 1. The number of hydrogen-bond acceptors (Lipinski definition) is 4. The predicted molar refractivity (Wildman–Crippen MR) is 90.5 cm³/mol. The molecule has 0 spiro atoms. The van der Waals surface area contributed by atoms with E-state index >= 15 is 0 Å². The lowest BCUT2D eigenvalue weighted by Crippen LogP contribution is -2.38. The monoisotopic (exact) mass is 325 g/mol. The number of hydrogen-bond donors (Lipinski definition) is 1. The van der Waals surface area contributed by atoms with Crippen LogP contribution in [0.4, 0.5) is 5.69 Å². The Kier molecular flexibility index (Phi) is 8.15. The third kappa shape index (κ3) is 6.59. The Morgan fingerprint density at radius 1 is 1.14 bits per heavy atom. The number of benzene rings is 1. The molecule has 0 heterocycles. The molecule has 5 nitrogen and oxygen atoms in total. The lowest BCUT2D eigenvalue weighted by molar-refractivity contribution is -0.116. The fourth-order valence-corrected chi connectivity index (χ4v) is 4.68. The van der Waals surface area contributed by atoms with Gasteiger partial charge < -0.3 is 18.9 Å². The summed E-state index contributed by atoms with van der Waals surface area (Å²) in [5.74, 6) is 0.780. The third-order valence-electron chi connectivity index (χ3n) is 3.31. The maximum absolute atomic E-state index is 12.0. The van der Waals surface area contributed by atoms with Crippen LogP contribution in [0.2, 0.25) is 12.6 Å². The molecule has 1 aromatic rings. The highest BCUT2D eigenvalue weighted by Gasteiger charge is 2.30. The molecule has 0 saturated carbocycles. The van der Waals surface area contributed by atoms with Crippen LogP contribution in [0.15, 0.2) is 24.3 Å². The van der Waals surface area contributed by atoms with Gasteiger partial charge in [-0.2, -0.15) is 0 Å². The zero-order valence-electron chi connectivity index (χ0n) is 14.0. The van der Waals surface area contributed by atoms with Crippen LogP contribution in [0.25, 0.3) is 0 Å². The summed E-state index contributed by atoms with van der Waals surface area (Å²) < 4.78 is 16.6. The third-order valence-corrected chi connectivity index (χ3v) is 6.37. The Balaban J connectivity index is 2.38. The van der Waals surface area contributed by atoms with Gasteiger partial charge in [-0.25, -0.2) is 0 Å². The number of carbonyl (C=O) groups is 1. The zero-order chi connectivity index (χ0) is 16.4. The molecule has 0 aliphatic heterocycles. The van der Waals surface area contributed by atoms with Gasteiger partial charge in [0.2, 0.25) is 5.91 Å². The Hall–Kier alpha value is -1.37. The van der Waals surface area contributed by atoms with E-state index in [4.69, 9.17) is 13.6 Å². The van der Waals surface area contributed by atoms with Gasteiger partial charge in [0.1, 0.15) is 5.75 Å². The first-order valence-electron chi connectivity index (χ1n) is 7.74. The number of ether oxygens (including phenoxy) is 1. The normalized spacial score (nSPS) is 11.3. The minimum Gasteiger partial charge on any atom is -0.497 e. The highest BCUT2D eigenvalue weighted by atomic mass is 28.4. The average molecular weight is 325 g/mol. The first kappa shape index (κ1) is 18.7. The minimum atomic E-state index is -2.12. The highest BCUT2D eigenvalue weighted by Crippen LogP contribution is 2.18.